The second kappa shape index (κ2) is 6.96. The molecule has 3 fully saturated rings. The molecule has 0 spiro atoms. The number of hydrogen-bond donors (Lipinski definition) is 4. The van der Waals surface area contributed by atoms with Gasteiger partial charge in [0.1, 0.15) is 6.61 Å². The highest BCUT2D eigenvalue weighted by Gasteiger charge is 2.35. The van der Waals surface area contributed by atoms with Crippen molar-refractivity contribution < 1.29 is 19.8 Å². The predicted molar refractivity (Wildman–Crippen MR) is 89.3 cm³/mol. The fourth-order valence-corrected chi connectivity index (χ4v) is 3.65. The van der Waals surface area contributed by atoms with Gasteiger partial charge in [0.2, 0.25) is 5.91 Å². The predicted octanol–water partition coefficient (Wildman–Crippen LogP) is 0.800. The summed E-state index contributed by atoms with van der Waals surface area (Å²) in [5.74, 6) is -1.03. The van der Waals surface area contributed by atoms with Crippen LogP contribution in [0.4, 0.5) is 5.69 Å². The average molecular weight is 354 g/mol. The lowest BCUT2D eigenvalue weighted by Gasteiger charge is -2.44. The first kappa shape index (κ1) is 17.0. The minimum atomic E-state index is -0.729. The zero-order valence-electron chi connectivity index (χ0n) is 13.1. The maximum absolute atomic E-state index is 12.6. The van der Waals surface area contributed by atoms with Crippen LogP contribution in [-0.2, 0) is 4.79 Å². The van der Waals surface area contributed by atoms with Crippen LogP contribution in [-0.4, -0.2) is 59.2 Å². The number of fused-ring (bicyclic) bond motifs is 3. The van der Waals surface area contributed by atoms with Crippen LogP contribution in [0.5, 0.6) is 5.75 Å². The Kier molecular flexibility index (Phi) is 4.93. The number of carbonyl (C=O) groups excluding carboxylic acids is 2. The second-order valence-electron chi connectivity index (χ2n) is 6.27. The van der Waals surface area contributed by atoms with E-state index in [4.69, 9.17) is 16.7 Å². The van der Waals surface area contributed by atoms with E-state index in [0.29, 0.717) is 5.92 Å². The quantitative estimate of drug-likeness (QED) is 0.600. The number of hydrogen-bond acceptors (Lipinski definition) is 5. The number of anilines is 1. The van der Waals surface area contributed by atoms with Gasteiger partial charge in [0.15, 0.2) is 5.75 Å². The van der Waals surface area contributed by atoms with Gasteiger partial charge in [-0.05, 0) is 44.0 Å². The molecular formula is C16H20ClN3O4. The standard InChI is InChI=1S/C16H20ClN3O4/c17-10-5-11(15(23)12(6-10)18-14(22)8-21)16(24)19-13-7-20-3-1-9(13)2-4-20/h5-6,9,13,21,23H,1-4,7-8H2,(H,18,22)(H,19,24). The number of aromatic hydroxyl groups is 1. The number of carbonyl (C=O) groups is 2. The molecule has 0 aromatic heterocycles. The molecule has 4 N–H and O–H groups in total. The van der Waals surface area contributed by atoms with Gasteiger partial charge in [-0.15, -0.1) is 0 Å². The number of phenolic OH excluding ortho intramolecular Hbond substituents is 1. The van der Waals surface area contributed by atoms with E-state index in [9.17, 15) is 14.7 Å². The highest BCUT2D eigenvalue weighted by atomic mass is 35.5. The van der Waals surface area contributed by atoms with E-state index in [1.54, 1.807) is 0 Å². The van der Waals surface area contributed by atoms with E-state index in [-0.39, 0.29) is 28.1 Å². The van der Waals surface area contributed by atoms with Gasteiger partial charge in [0.05, 0.1) is 11.3 Å². The number of halogens is 1. The average Bonchev–Trinajstić information content (AvgIpc) is 2.58. The molecule has 2 amide bonds. The summed E-state index contributed by atoms with van der Waals surface area (Å²) in [4.78, 5) is 26.2. The molecule has 0 saturated carbocycles. The van der Waals surface area contributed by atoms with Gasteiger partial charge in [0.25, 0.3) is 5.91 Å². The van der Waals surface area contributed by atoms with Crippen LogP contribution >= 0.6 is 11.6 Å². The summed E-state index contributed by atoms with van der Waals surface area (Å²) in [6, 6.07) is 2.74. The second-order valence-corrected chi connectivity index (χ2v) is 6.71. The molecule has 3 heterocycles. The Morgan fingerprint density at radius 3 is 2.58 bits per heavy atom. The molecule has 24 heavy (non-hydrogen) atoms. The molecule has 2 bridgehead atoms. The van der Waals surface area contributed by atoms with Crippen molar-refractivity contribution in [2.45, 2.75) is 18.9 Å². The van der Waals surface area contributed by atoms with Crippen molar-refractivity contribution >= 4 is 29.1 Å². The number of aliphatic hydroxyl groups is 1. The summed E-state index contributed by atoms with van der Waals surface area (Å²) >= 11 is 5.99. The molecule has 3 aliphatic heterocycles. The van der Waals surface area contributed by atoms with Crippen molar-refractivity contribution in [3.8, 4) is 5.75 Å². The molecule has 0 radical (unpaired) electrons. The fraction of sp³-hybridized carbons (Fsp3) is 0.500. The van der Waals surface area contributed by atoms with Crippen molar-refractivity contribution in [1.29, 1.82) is 0 Å². The van der Waals surface area contributed by atoms with Gasteiger partial charge in [-0.3, -0.25) is 9.59 Å². The topological polar surface area (TPSA) is 102 Å². The van der Waals surface area contributed by atoms with Crippen LogP contribution in [0.2, 0.25) is 5.02 Å². The minimum Gasteiger partial charge on any atom is -0.505 e. The van der Waals surface area contributed by atoms with Crippen LogP contribution in [0.1, 0.15) is 23.2 Å². The highest BCUT2D eigenvalue weighted by Crippen LogP contribution is 2.33. The van der Waals surface area contributed by atoms with E-state index >= 15 is 0 Å². The first-order valence-electron chi connectivity index (χ1n) is 7.94. The smallest absolute Gasteiger partial charge is 0.255 e. The Morgan fingerprint density at radius 2 is 2.00 bits per heavy atom. The number of aliphatic hydroxyl groups excluding tert-OH is 1. The summed E-state index contributed by atoms with van der Waals surface area (Å²) in [5, 5.41) is 24.6. The van der Waals surface area contributed by atoms with Crippen molar-refractivity contribution in [1.82, 2.24) is 10.2 Å². The minimum absolute atomic E-state index is 0.000569. The molecule has 8 heteroatoms. The van der Waals surface area contributed by atoms with Crippen molar-refractivity contribution in [2.75, 3.05) is 31.6 Å². The Morgan fingerprint density at radius 1 is 1.29 bits per heavy atom. The maximum Gasteiger partial charge on any atom is 0.255 e. The van der Waals surface area contributed by atoms with E-state index in [1.807, 2.05) is 0 Å². The zero-order chi connectivity index (χ0) is 17.3. The summed E-state index contributed by atoms with van der Waals surface area (Å²) in [6.45, 7) is 2.21. The lowest BCUT2D eigenvalue weighted by Crippen LogP contribution is -2.57. The van der Waals surface area contributed by atoms with Crippen molar-refractivity contribution in [3.05, 3.63) is 22.7 Å². The number of rotatable bonds is 4. The molecular weight excluding hydrogens is 334 g/mol. The summed E-state index contributed by atoms with van der Waals surface area (Å²) in [5.41, 5.74) is 0.00722. The van der Waals surface area contributed by atoms with Crippen LogP contribution in [0.25, 0.3) is 0 Å². The van der Waals surface area contributed by atoms with Crippen LogP contribution in [0.15, 0.2) is 12.1 Å². The molecule has 1 aromatic rings. The number of nitrogens with one attached hydrogen (secondary N) is 2. The molecule has 7 nitrogen and oxygen atoms in total. The number of piperidine rings is 3. The monoisotopic (exact) mass is 353 g/mol. The van der Waals surface area contributed by atoms with Crippen LogP contribution < -0.4 is 10.6 Å². The maximum atomic E-state index is 12.6. The van der Waals surface area contributed by atoms with Gasteiger partial charge < -0.3 is 25.7 Å². The lowest BCUT2D eigenvalue weighted by atomic mass is 9.84. The van der Waals surface area contributed by atoms with Crippen LogP contribution in [0, 0.1) is 5.92 Å². The summed E-state index contributed by atoms with van der Waals surface area (Å²) in [7, 11) is 0. The molecule has 1 unspecified atom stereocenters. The highest BCUT2D eigenvalue weighted by molar-refractivity contribution is 6.31. The number of phenols is 1. The Bertz CT molecular complexity index is 659. The third-order valence-electron chi connectivity index (χ3n) is 4.71. The molecule has 1 atom stereocenters. The molecule has 1 aromatic carbocycles. The largest absolute Gasteiger partial charge is 0.505 e. The zero-order valence-corrected chi connectivity index (χ0v) is 13.8. The van der Waals surface area contributed by atoms with E-state index in [0.717, 1.165) is 32.5 Å². The lowest BCUT2D eigenvalue weighted by molar-refractivity contribution is -0.118. The van der Waals surface area contributed by atoms with Gasteiger partial charge >= 0.3 is 0 Å². The van der Waals surface area contributed by atoms with Crippen molar-refractivity contribution in [3.63, 3.8) is 0 Å². The van der Waals surface area contributed by atoms with Crippen LogP contribution in [0.3, 0.4) is 0 Å². The first-order chi connectivity index (χ1) is 11.5. The third-order valence-corrected chi connectivity index (χ3v) is 4.93. The Balaban J connectivity index is 1.78. The normalized spacial score (nSPS) is 25.3. The molecule has 4 rings (SSSR count). The number of benzene rings is 1. The first-order valence-corrected chi connectivity index (χ1v) is 8.32. The SMILES string of the molecule is O=C(CO)Nc1cc(Cl)cc(C(=O)NC2CN3CCC2CC3)c1O. The summed E-state index contributed by atoms with van der Waals surface area (Å²) in [6.07, 6.45) is 2.12. The third kappa shape index (κ3) is 3.48. The molecule has 3 aliphatic rings. The van der Waals surface area contributed by atoms with Gasteiger partial charge in [0, 0.05) is 17.6 Å². The van der Waals surface area contributed by atoms with Crippen molar-refractivity contribution in [2.24, 2.45) is 5.92 Å². The number of nitrogens with zero attached hydrogens (tertiary/aromatic N) is 1. The van der Waals surface area contributed by atoms with Gasteiger partial charge in [-0.25, -0.2) is 0 Å². The Hall–Kier alpha value is -1.83. The van der Waals surface area contributed by atoms with Gasteiger partial charge in [-0.1, -0.05) is 11.6 Å². The number of amides is 2. The van der Waals surface area contributed by atoms with E-state index in [1.165, 1.54) is 12.1 Å². The van der Waals surface area contributed by atoms with E-state index in [2.05, 4.69) is 15.5 Å². The molecule has 130 valence electrons. The van der Waals surface area contributed by atoms with E-state index < -0.39 is 18.4 Å². The Labute approximate surface area is 144 Å². The molecule has 0 aliphatic carbocycles. The van der Waals surface area contributed by atoms with Gasteiger partial charge in [-0.2, -0.15) is 0 Å². The fourth-order valence-electron chi connectivity index (χ4n) is 3.43. The molecule has 3 saturated heterocycles. The summed E-state index contributed by atoms with van der Waals surface area (Å²) < 4.78 is 0.